The highest BCUT2D eigenvalue weighted by molar-refractivity contribution is 5.81. The van der Waals surface area contributed by atoms with Gasteiger partial charge in [-0.1, -0.05) is 24.3 Å². The quantitative estimate of drug-likeness (QED) is 0.544. The molecule has 0 saturated carbocycles. The molecule has 8 heteroatoms. The zero-order chi connectivity index (χ0) is 23.3. The number of benzene rings is 2. The van der Waals surface area contributed by atoms with E-state index >= 15 is 0 Å². The highest BCUT2D eigenvalue weighted by atomic mass is 16.5. The van der Waals surface area contributed by atoms with E-state index in [1.807, 2.05) is 13.0 Å². The van der Waals surface area contributed by atoms with E-state index in [9.17, 15) is 14.4 Å². The van der Waals surface area contributed by atoms with Crippen LogP contribution >= 0.6 is 0 Å². The summed E-state index contributed by atoms with van der Waals surface area (Å²) in [6, 6.07) is 11.8. The summed E-state index contributed by atoms with van der Waals surface area (Å²) in [6.07, 6.45) is 1.06. The van der Waals surface area contributed by atoms with Crippen molar-refractivity contribution in [1.82, 2.24) is 14.9 Å². The number of ether oxygens (including phenoxy) is 2. The van der Waals surface area contributed by atoms with Gasteiger partial charge in [-0.3, -0.25) is 19.0 Å². The van der Waals surface area contributed by atoms with E-state index in [4.69, 9.17) is 9.47 Å². The molecule has 3 rings (SSSR count). The Morgan fingerprint density at radius 3 is 2.50 bits per heavy atom. The molecule has 0 aliphatic heterocycles. The number of esters is 1. The molecule has 0 aliphatic carbocycles. The summed E-state index contributed by atoms with van der Waals surface area (Å²) < 4.78 is 11.7. The van der Waals surface area contributed by atoms with Crippen LogP contribution < -0.4 is 15.6 Å². The molecule has 0 aliphatic rings. The lowest BCUT2D eigenvalue weighted by Gasteiger charge is -2.20. The molecule has 1 amide bonds. The zero-order valence-electron chi connectivity index (χ0n) is 18.6. The molecule has 1 atom stereocenters. The van der Waals surface area contributed by atoms with Crippen molar-refractivity contribution in [3.63, 3.8) is 0 Å². The summed E-state index contributed by atoms with van der Waals surface area (Å²) in [4.78, 5) is 42.2. The molecular weight excluding hydrogens is 410 g/mol. The fraction of sp³-hybridized carbons (Fsp3) is 0.333. The first kappa shape index (κ1) is 23.0. The minimum atomic E-state index is -0.619. The van der Waals surface area contributed by atoms with Gasteiger partial charge >= 0.3 is 5.97 Å². The van der Waals surface area contributed by atoms with Gasteiger partial charge in [-0.2, -0.15) is 0 Å². The van der Waals surface area contributed by atoms with Gasteiger partial charge in [-0.05, 0) is 50.1 Å². The molecule has 1 aromatic heterocycles. The average Bonchev–Trinajstić information content (AvgIpc) is 2.75. The van der Waals surface area contributed by atoms with Crippen molar-refractivity contribution in [2.75, 3.05) is 7.11 Å². The highest BCUT2D eigenvalue weighted by Gasteiger charge is 2.21. The first-order valence-corrected chi connectivity index (χ1v) is 10.4. The highest BCUT2D eigenvalue weighted by Crippen LogP contribution is 2.21. The molecule has 1 unspecified atom stereocenters. The van der Waals surface area contributed by atoms with Gasteiger partial charge in [-0.25, -0.2) is 4.98 Å². The average molecular weight is 437 g/mol. The maximum atomic E-state index is 12.8. The van der Waals surface area contributed by atoms with Crippen LogP contribution in [0.25, 0.3) is 10.9 Å². The molecule has 1 heterocycles. The lowest BCUT2D eigenvalue weighted by atomic mass is 10.0. The third-order valence-corrected chi connectivity index (χ3v) is 4.96. The fourth-order valence-electron chi connectivity index (χ4n) is 3.41. The smallest absolute Gasteiger partial charge is 0.308 e. The summed E-state index contributed by atoms with van der Waals surface area (Å²) in [6.45, 7) is 5.18. The summed E-state index contributed by atoms with van der Waals surface area (Å²) in [7, 11) is 1.56. The Balaban J connectivity index is 1.81. The van der Waals surface area contributed by atoms with Crippen molar-refractivity contribution in [3.05, 3.63) is 70.3 Å². The topological polar surface area (TPSA) is 99.5 Å². The second kappa shape index (κ2) is 10.1. The van der Waals surface area contributed by atoms with Crippen LogP contribution in [0.15, 0.2) is 53.6 Å². The maximum absolute atomic E-state index is 12.8. The van der Waals surface area contributed by atoms with E-state index in [0.29, 0.717) is 16.7 Å². The number of hydrogen-bond acceptors (Lipinski definition) is 6. The molecule has 2 aromatic carbocycles. The van der Waals surface area contributed by atoms with Crippen LogP contribution in [0, 0.1) is 6.92 Å². The summed E-state index contributed by atoms with van der Waals surface area (Å²) in [5.74, 6) is -0.187. The van der Waals surface area contributed by atoms with Gasteiger partial charge in [-0.15, -0.1) is 0 Å². The van der Waals surface area contributed by atoms with Gasteiger partial charge in [0.05, 0.1) is 42.9 Å². The van der Waals surface area contributed by atoms with Crippen molar-refractivity contribution in [2.45, 2.75) is 45.9 Å². The number of carbonyl (C=O) groups excluding carboxylic acids is 2. The number of aryl methyl sites for hydroxylation is 1. The van der Waals surface area contributed by atoms with Crippen molar-refractivity contribution in [2.24, 2.45) is 0 Å². The first-order valence-electron chi connectivity index (χ1n) is 10.4. The van der Waals surface area contributed by atoms with Crippen LogP contribution in [0.1, 0.15) is 37.4 Å². The molecule has 0 spiro atoms. The van der Waals surface area contributed by atoms with Crippen molar-refractivity contribution >= 4 is 22.8 Å². The largest absolute Gasteiger partial charge is 0.497 e. The predicted octanol–water partition coefficient (Wildman–Crippen LogP) is 2.91. The predicted molar refractivity (Wildman–Crippen MR) is 120 cm³/mol. The lowest BCUT2D eigenvalue weighted by molar-refractivity contribution is -0.148. The number of methoxy groups -OCH3 is 1. The number of nitrogens with zero attached hydrogens (tertiary/aromatic N) is 2. The molecular formula is C24H27N3O5. The van der Waals surface area contributed by atoms with Crippen molar-refractivity contribution in [3.8, 4) is 5.75 Å². The molecule has 168 valence electrons. The third kappa shape index (κ3) is 5.51. The van der Waals surface area contributed by atoms with Crippen molar-refractivity contribution < 1.29 is 19.1 Å². The Kier molecular flexibility index (Phi) is 7.25. The molecule has 0 radical (unpaired) electrons. The zero-order valence-corrected chi connectivity index (χ0v) is 18.6. The lowest BCUT2D eigenvalue weighted by Crippen LogP contribution is -2.36. The summed E-state index contributed by atoms with van der Waals surface area (Å²) >= 11 is 0. The van der Waals surface area contributed by atoms with E-state index < -0.39 is 17.9 Å². The SMILES string of the molecule is COc1ccc(C(CC(=O)OC(C)C)NC(=O)Cn2cnc3c(C)cccc3c2=O)cc1. The second-order valence-electron chi connectivity index (χ2n) is 7.78. The van der Waals surface area contributed by atoms with Crippen LogP contribution in [0.5, 0.6) is 5.75 Å². The van der Waals surface area contributed by atoms with Gasteiger partial charge in [0.15, 0.2) is 0 Å². The van der Waals surface area contributed by atoms with Crippen LogP contribution in [-0.2, 0) is 20.9 Å². The van der Waals surface area contributed by atoms with Gasteiger partial charge in [0.2, 0.25) is 5.91 Å². The fourth-order valence-corrected chi connectivity index (χ4v) is 3.41. The monoisotopic (exact) mass is 437 g/mol. The van der Waals surface area contributed by atoms with Gasteiger partial charge in [0.25, 0.3) is 5.56 Å². The maximum Gasteiger partial charge on any atom is 0.308 e. The first-order chi connectivity index (χ1) is 15.3. The molecule has 8 nitrogen and oxygen atoms in total. The number of fused-ring (bicyclic) bond motifs is 1. The minimum absolute atomic E-state index is 0.0414. The van der Waals surface area contributed by atoms with E-state index in [1.165, 1.54) is 10.9 Å². The number of nitrogens with one attached hydrogen (secondary N) is 1. The van der Waals surface area contributed by atoms with Crippen LogP contribution in [0.4, 0.5) is 0 Å². The number of para-hydroxylation sites is 1. The van der Waals surface area contributed by atoms with Crippen molar-refractivity contribution in [1.29, 1.82) is 0 Å². The van der Waals surface area contributed by atoms with Gasteiger partial charge in [0.1, 0.15) is 12.3 Å². The van der Waals surface area contributed by atoms with Crippen LogP contribution in [-0.4, -0.2) is 34.6 Å². The third-order valence-electron chi connectivity index (χ3n) is 4.96. The second-order valence-corrected chi connectivity index (χ2v) is 7.78. The van der Waals surface area contributed by atoms with E-state index in [-0.39, 0.29) is 24.6 Å². The van der Waals surface area contributed by atoms with Gasteiger partial charge in [0, 0.05) is 0 Å². The Morgan fingerprint density at radius 2 is 1.84 bits per heavy atom. The number of aromatic nitrogens is 2. The minimum Gasteiger partial charge on any atom is -0.497 e. The van der Waals surface area contributed by atoms with E-state index in [0.717, 1.165) is 11.1 Å². The molecule has 32 heavy (non-hydrogen) atoms. The standard InChI is InChI=1S/C24H27N3O5/c1-15(2)32-22(29)12-20(17-8-10-18(31-4)11-9-17)26-21(28)13-27-14-25-23-16(3)6-5-7-19(23)24(27)30/h5-11,14-15,20H,12-13H2,1-4H3,(H,26,28). The Labute approximate surface area is 186 Å². The molecule has 1 N–H and O–H groups in total. The van der Waals surface area contributed by atoms with Crippen LogP contribution in [0.2, 0.25) is 0 Å². The number of hydrogen-bond donors (Lipinski definition) is 1. The van der Waals surface area contributed by atoms with Crippen LogP contribution in [0.3, 0.4) is 0 Å². The molecule has 0 fully saturated rings. The molecule has 0 bridgehead atoms. The summed E-state index contributed by atoms with van der Waals surface area (Å²) in [5.41, 5.74) is 1.93. The number of amides is 1. The van der Waals surface area contributed by atoms with Gasteiger partial charge < -0.3 is 14.8 Å². The molecule has 0 saturated heterocycles. The Hall–Kier alpha value is -3.68. The number of carbonyl (C=O) groups is 2. The normalized spacial score (nSPS) is 11.9. The Morgan fingerprint density at radius 1 is 1.12 bits per heavy atom. The Bertz CT molecular complexity index is 1170. The summed E-state index contributed by atoms with van der Waals surface area (Å²) in [5, 5.41) is 3.29. The van der Waals surface area contributed by atoms with E-state index in [2.05, 4.69) is 10.3 Å². The molecule has 3 aromatic rings. The van der Waals surface area contributed by atoms with E-state index in [1.54, 1.807) is 57.4 Å². The number of rotatable bonds is 8.